The van der Waals surface area contributed by atoms with Crippen LogP contribution in [0, 0.1) is 10.1 Å². The maximum Gasteiger partial charge on any atom is 0.310 e. The van der Waals surface area contributed by atoms with Crippen molar-refractivity contribution in [3.8, 4) is 5.75 Å². The van der Waals surface area contributed by atoms with Gasteiger partial charge in [-0.3, -0.25) is 14.9 Å². The van der Waals surface area contributed by atoms with Gasteiger partial charge in [0.2, 0.25) is 0 Å². The Morgan fingerprint density at radius 3 is 2.67 bits per heavy atom. The first-order valence-corrected chi connectivity index (χ1v) is 5.52. The molecular weight excluding hydrogens is 238 g/mol. The molecule has 6 heteroatoms. The number of nitro benzene ring substituents is 1. The van der Waals surface area contributed by atoms with Crippen LogP contribution in [0.4, 0.5) is 5.69 Å². The Kier molecular flexibility index (Phi) is 5.26. The molecule has 0 saturated heterocycles. The van der Waals surface area contributed by atoms with Gasteiger partial charge in [-0.2, -0.15) is 0 Å². The lowest BCUT2D eigenvalue weighted by molar-refractivity contribution is -0.385. The Hall–Kier alpha value is -1.95. The van der Waals surface area contributed by atoms with E-state index in [9.17, 15) is 14.9 Å². The molecule has 1 aromatic rings. The van der Waals surface area contributed by atoms with Crippen molar-refractivity contribution < 1.29 is 19.2 Å². The fourth-order valence-electron chi connectivity index (χ4n) is 1.31. The van der Waals surface area contributed by atoms with Crippen LogP contribution < -0.4 is 4.74 Å². The van der Waals surface area contributed by atoms with Crippen molar-refractivity contribution in [2.45, 2.75) is 20.0 Å². The zero-order valence-electron chi connectivity index (χ0n) is 10.3. The molecule has 0 radical (unpaired) electrons. The number of hydrogen-bond acceptors (Lipinski definition) is 5. The van der Waals surface area contributed by atoms with Crippen molar-refractivity contribution in [2.75, 3.05) is 13.2 Å². The number of nitro groups is 1. The Morgan fingerprint density at radius 2 is 2.11 bits per heavy atom. The van der Waals surface area contributed by atoms with E-state index < -0.39 is 4.92 Å². The smallest absolute Gasteiger partial charge is 0.310 e. The van der Waals surface area contributed by atoms with Crippen LogP contribution in [-0.4, -0.2) is 30.5 Å². The minimum atomic E-state index is -0.548. The zero-order chi connectivity index (χ0) is 13.5. The number of rotatable bonds is 7. The van der Waals surface area contributed by atoms with Gasteiger partial charge in [0, 0.05) is 11.6 Å². The van der Waals surface area contributed by atoms with Gasteiger partial charge in [-0.1, -0.05) is 0 Å². The summed E-state index contributed by atoms with van der Waals surface area (Å²) in [6.07, 6.45) is 0.686. The van der Waals surface area contributed by atoms with Crippen molar-refractivity contribution in [2.24, 2.45) is 0 Å². The first-order chi connectivity index (χ1) is 8.54. The van der Waals surface area contributed by atoms with Crippen LogP contribution in [-0.2, 0) is 4.74 Å². The van der Waals surface area contributed by atoms with E-state index in [0.717, 1.165) is 0 Å². The first kappa shape index (κ1) is 14.1. The Labute approximate surface area is 105 Å². The van der Waals surface area contributed by atoms with Crippen LogP contribution in [0.1, 0.15) is 24.2 Å². The molecule has 0 saturated carbocycles. The number of carbonyl (C=O) groups excluding carboxylic acids is 1. The predicted octanol–water partition coefficient (Wildman–Crippen LogP) is 2.21. The van der Waals surface area contributed by atoms with E-state index in [0.29, 0.717) is 18.5 Å². The molecule has 0 aromatic heterocycles. The van der Waals surface area contributed by atoms with Crippen LogP contribution in [0.25, 0.3) is 0 Å². The molecule has 0 unspecified atom stereocenters. The average Bonchev–Trinajstić information content (AvgIpc) is 2.33. The lowest BCUT2D eigenvalue weighted by Crippen LogP contribution is -2.12. The number of ether oxygens (including phenoxy) is 2. The van der Waals surface area contributed by atoms with Crippen LogP contribution in [0.2, 0.25) is 0 Å². The largest absolute Gasteiger partial charge is 0.484 e. The highest BCUT2D eigenvalue weighted by Crippen LogP contribution is 2.27. The third-order valence-electron chi connectivity index (χ3n) is 2.11. The highest BCUT2D eigenvalue weighted by Gasteiger charge is 2.15. The van der Waals surface area contributed by atoms with Crippen LogP contribution in [0.5, 0.6) is 5.75 Å². The summed E-state index contributed by atoms with van der Waals surface area (Å²) in [5, 5.41) is 10.8. The molecule has 0 N–H and O–H groups in total. The van der Waals surface area contributed by atoms with E-state index in [1.165, 1.54) is 18.2 Å². The SMILES string of the molecule is CC(C)OCCOc1cc(C=O)ccc1[N+](=O)[O-]. The Morgan fingerprint density at radius 1 is 1.39 bits per heavy atom. The number of benzene rings is 1. The van der Waals surface area contributed by atoms with Crippen molar-refractivity contribution in [3.05, 3.63) is 33.9 Å². The quantitative estimate of drug-likeness (QED) is 0.322. The zero-order valence-corrected chi connectivity index (χ0v) is 10.3. The summed E-state index contributed by atoms with van der Waals surface area (Å²) in [7, 11) is 0. The second kappa shape index (κ2) is 6.70. The lowest BCUT2D eigenvalue weighted by Gasteiger charge is -2.09. The minimum Gasteiger partial charge on any atom is -0.484 e. The number of nitrogens with zero attached hydrogens (tertiary/aromatic N) is 1. The van der Waals surface area contributed by atoms with Crippen LogP contribution in [0.3, 0.4) is 0 Å². The van der Waals surface area contributed by atoms with Crippen molar-refractivity contribution in [1.82, 2.24) is 0 Å². The number of carbonyl (C=O) groups is 1. The van der Waals surface area contributed by atoms with E-state index in [1.54, 1.807) is 0 Å². The molecule has 98 valence electrons. The van der Waals surface area contributed by atoms with E-state index in [1.807, 2.05) is 13.8 Å². The maximum atomic E-state index is 10.8. The number of aldehydes is 1. The summed E-state index contributed by atoms with van der Waals surface area (Å²) in [6.45, 7) is 4.30. The third-order valence-corrected chi connectivity index (χ3v) is 2.11. The molecule has 0 aliphatic heterocycles. The molecule has 0 bridgehead atoms. The van der Waals surface area contributed by atoms with Gasteiger partial charge in [-0.05, 0) is 26.0 Å². The Bertz CT molecular complexity index is 430. The maximum absolute atomic E-state index is 10.8. The molecule has 0 heterocycles. The summed E-state index contributed by atoms with van der Waals surface area (Å²) in [5.74, 6) is 0.0805. The second-order valence-corrected chi connectivity index (χ2v) is 3.87. The van der Waals surface area contributed by atoms with Gasteiger partial charge in [-0.25, -0.2) is 0 Å². The molecule has 0 amide bonds. The minimum absolute atomic E-state index is 0.0740. The summed E-state index contributed by atoms with van der Waals surface area (Å²) in [4.78, 5) is 20.8. The van der Waals surface area contributed by atoms with Gasteiger partial charge in [0.05, 0.1) is 17.6 Å². The van der Waals surface area contributed by atoms with E-state index >= 15 is 0 Å². The van der Waals surface area contributed by atoms with Gasteiger partial charge in [-0.15, -0.1) is 0 Å². The normalized spacial score (nSPS) is 10.4. The van der Waals surface area contributed by atoms with Crippen molar-refractivity contribution in [3.63, 3.8) is 0 Å². The summed E-state index contributed by atoms with van der Waals surface area (Å²) >= 11 is 0. The fraction of sp³-hybridized carbons (Fsp3) is 0.417. The van der Waals surface area contributed by atoms with Crippen LogP contribution in [0.15, 0.2) is 18.2 Å². The second-order valence-electron chi connectivity index (χ2n) is 3.87. The van der Waals surface area contributed by atoms with E-state index in [4.69, 9.17) is 9.47 Å². The third kappa shape index (κ3) is 4.14. The average molecular weight is 253 g/mol. The molecule has 18 heavy (non-hydrogen) atoms. The number of hydrogen-bond donors (Lipinski definition) is 0. The molecule has 0 atom stereocenters. The summed E-state index contributed by atoms with van der Waals surface area (Å²) in [5.41, 5.74) is 0.172. The molecule has 0 aliphatic rings. The Balaban J connectivity index is 2.72. The molecule has 1 aromatic carbocycles. The topological polar surface area (TPSA) is 78.7 Å². The molecule has 6 nitrogen and oxygen atoms in total. The van der Waals surface area contributed by atoms with Gasteiger partial charge in [0.25, 0.3) is 0 Å². The molecular formula is C12H15NO5. The highest BCUT2D eigenvalue weighted by molar-refractivity contribution is 5.76. The van der Waals surface area contributed by atoms with E-state index in [2.05, 4.69) is 0 Å². The van der Waals surface area contributed by atoms with Gasteiger partial charge < -0.3 is 9.47 Å². The summed E-state index contributed by atoms with van der Waals surface area (Å²) in [6, 6.07) is 3.98. The van der Waals surface area contributed by atoms with Crippen LogP contribution >= 0.6 is 0 Å². The first-order valence-electron chi connectivity index (χ1n) is 5.52. The van der Waals surface area contributed by atoms with E-state index in [-0.39, 0.29) is 24.1 Å². The summed E-state index contributed by atoms with van der Waals surface area (Å²) < 4.78 is 10.5. The van der Waals surface area contributed by atoms with Crippen molar-refractivity contribution in [1.29, 1.82) is 0 Å². The fourth-order valence-corrected chi connectivity index (χ4v) is 1.31. The van der Waals surface area contributed by atoms with Gasteiger partial charge >= 0.3 is 5.69 Å². The predicted molar refractivity (Wildman–Crippen MR) is 65.1 cm³/mol. The van der Waals surface area contributed by atoms with Crippen molar-refractivity contribution >= 4 is 12.0 Å². The lowest BCUT2D eigenvalue weighted by atomic mass is 10.2. The molecule has 0 aliphatic carbocycles. The van der Waals surface area contributed by atoms with Gasteiger partial charge in [0.15, 0.2) is 5.75 Å². The standard InChI is InChI=1S/C12H15NO5/c1-9(2)17-5-6-18-12-7-10(8-14)3-4-11(12)13(15)16/h3-4,7-9H,5-6H2,1-2H3. The molecule has 0 fully saturated rings. The highest BCUT2D eigenvalue weighted by atomic mass is 16.6. The van der Waals surface area contributed by atoms with Gasteiger partial charge in [0.1, 0.15) is 12.9 Å². The monoisotopic (exact) mass is 253 g/mol. The molecule has 0 spiro atoms. The molecule has 1 rings (SSSR count).